The van der Waals surface area contributed by atoms with Crippen LogP contribution in [0.3, 0.4) is 0 Å². The summed E-state index contributed by atoms with van der Waals surface area (Å²) in [6, 6.07) is 4.70. The predicted molar refractivity (Wildman–Crippen MR) is 39.1 cm³/mol. The monoisotopic (exact) mass is 139 g/mol. The van der Waals surface area contributed by atoms with Crippen molar-refractivity contribution in [2.45, 2.75) is 6.85 Å². The Kier molecular flexibility index (Phi) is 0.947. The average Bonchev–Trinajstić information content (AvgIpc) is 2.13. The van der Waals surface area contributed by atoms with Gasteiger partial charge in [-0.2, -0.15) is 0 Å². The molecule has 0 fully saturated rings. The third-order valence-electron chi connectivity index (χ3n) is 1.07. The highest BCUT2D eigenvalue weighted by Crippen LogP contribution is 1.98. The van der Waals surface area contributed by atoms with Gasteiger partial charge in [-0.25, -0.2) is 0 Å². The molecule has 0 aliphatic carbocycles. The maximum Gasteiger partial charge on any atom is 0.220 e. The fourth-order valence-corrected chi connectivity index (χ4v) is 0.588. The predicted octanol–water partition coefficient (Wildman–Crippen LogP) is 1.06. The number of hydrogen-bond acceptors (Lipinski definition) is 2. The van der Waals surface area contributed by atoms with Crippen molar-refractivity contribution < 1.29 is 9.22 Å². The number of aromatic hydroxyl groups is 1. The van der Waals surface area contributed by atoms with Gasteiger partial charge in [0.1, 0.15) is 0 Å². The van der Waals surface area contributed by atoms with E-state index < -0.39 is 18.0 Å². The molecule has 1 aromatic rings. The van der Waals surface area contributed by atoms with Gasteiger partial charge in [0.15, 0.2) is 5.75 Å². The molecular formula is C8H8O2. The summed E-state index contributed by atoms with van der Waals surface area (Å²) in [5.41, 5.74) is -0.756. The number of aryl methyl sites for hydroxylation is 1. The molecule has 1 rings (SSSR count). The van der Waals surface area contributed by atoms with Gasteiger partial charge in [0.05, 0.1) is 0 Å². The highest BCUT2D eigenvalue weighted by atomic mass is 16.3. The average molecular weight is 139 g/mol. The highest BCUT2D eigenvalue weighted by Gasteiger charge is 1.89. The van der Waals surface area contributed by atoms with Crippen LogP contribution in [0.5, 0.6) is 5.75 Å². The van der Waals surface area contributed by atoms with Crippen LogP contribution in [-0.4, -0.2) is 5.11 Å². The Balaban J connectivity index is 3.39. The van der Waals surface area contributed by atoms with E-state index in [-0.39, 0.29) is 5.56 Å². The Morgan fingerprint density at radius 2 is 2.40 bits per heavy atom. The second-order valence-electron chi connectivity index (χ2n) is 1.87. The molecule has 2 nitrogen and oxygen atoms in total. The maximum absolute atomic E-state index is 11.0. The van der Waals surface area contributed by atoms with Crippen molar-refractivity contribution in [3.63, 3.8) is 0 Å². The molecule has 0 saturated heterocycles. The molecule has 1 aromatic carbocycles. The molecule has 0 saturated carbocycles. The quantitative estimate of drug-likeness (QED) is 0.583. The van der Waals surface area contributed by atoms with Crippen molar-refractivity contribution in [1.29, 1.82) is 0 Å². The molecule has 0 radical (unpaired) electrons. The zero-order chi connectivity index (χ0) is 10.1. The van der Waals surface area contributed by atoms with E-state index in [4.69, 9.17) is 9.22 Å². The molecule has 0 aromatic heterocycles. The first-order valence-corrected chi connectivity index (χ1v) is 2.75. The second-order valence-corrected chi connectivity index (χ2v) is 1.87. The largest absolute Gasteiger partial charge is 0.504 e. The topological polar surface area (TPSA) is 37.3 Å². The van der Waals surface area contributed by atoms with Crippen LogP contribution in [0.15, 0.2) is 29.1 Å². The lowest BCUT2D eigenvalue weighted by Crippen LogP contribution is -1.92. The van der Waals surface area contributed by atoms with Gasteiger partial charge in [-0.15, -0.1) is 0 Å². The Labute approximate surface area is 63.0 Å². The standard InChI is InChI=1S/C8H8O2/c1-6-3-2-4-7(9)8(10)5-6/h2-5H,1H3,(H,9,10)/i1D3. The van der Waals surface area contributed by atoms with Crippen molar-refractivity contribution in [3.05, 3.63) is 40.1 Å². The Morgan fingerprint density at radius 1 is 1.60 bits per heavy atom. The molecule has 0 atom stereocenters. The maximum atomic E-state index is 11.0. The lowest BCUT2D eigenvalue weighted by molar-refractivity contribution is 0.471. The molecule has 52 valence electrons. The van der Waals surface area contributed by atoms with E-state index in [0.29, 0.717) is 0 Å². The molecule has 0 amide bonds. The van der Waals surface area contributed by atoms with Crippen molar-refractivity contribution in [1.82, 2.24) is 0 Å². The van der Waals surface area contributed by atoms with Gasteiger partial charge < -0.3 is 5.11 Å². The first-order valence-electron chi connectivity index (χ1n) is 4.25. The van der Waals surface area contributed by atoms with Crippen LogP contribution in [0, 0.1) is 6.85 Å². The molecule has 1 N–H and O–H groups in total. The van der Waals surface area contributed by atoms with Crippen LogP contribution >= 0.6 is 0 Å². The fraction of sp³-hybridized carbons (Fsp3) is 0.125. The zero-order valence-electron chi connectivity index (χ0n) is 8.16. The van der Waals surface area contributed by atoms with Crippen molar-refractivity contribution in [2.75, 3.05) is 0 Å². The Morgan fingerprint density at radius 3 is 3.10 bits per heavy atom. The van der Waals surface area contributed by atoms with Gasteiger partial charge >= 0.3 is 0 Å². The third-order valence-corrected chi connectivity index (χ3v) is 1.07. The summed E-state index contributed by atoms with van der Waals surface area (Å²) < 4.78 is 21.1. The minimum Gasteiger partial charge on any atom is -0.504 e. The smallest absolute Gasteiger partial charge is 0.220 e. The minimum absolute atomic E-state index is 0.0715. The van der Waals surface area contributed by atoms with E-state index in [2.05, 4.69) is 0 Å². The fourth-order valence-electron chi connectivity index (χ4n) is 0.588. The van der Waals surface area contributed by atoms with Gasteiger partial charge in [-0.05, 0) is 24.5 Å². The summed E-state index contributed by atoms with van der Waals surface area (Å²) >= 11 is 0. The summed E-state index contributed by atoms with van der Waals surface area (Å²) in [5, 5.41) is 8.97. The van der Waals surface area contributed by atoms with Gasteiger partial charge in [0.25, 0.3) is 0 Å². The summed E-state index contributed by atoms with van der Waals surface area (Å²) in [5.74, 6) is -0.449. The molecule has 0 aliphatic heterocycles. The van der Waals surface area contributed by atoms with E-state index in [0.717, 1.165) is 12.1 Å². The molecule has 0 heterocycles. The highest BCUT2D eigenvalue weighted by molar-refractivity contribution is 5.22. The molecule has 0 aliphatic rings. The van der Waals surface area contributed by atoms with Gasteiger partial charge in [-0.1, -0.05) is 12.1 Å². The van der Waals surface area contributed by atoms with E-state index in [1.54, 1.807) is 0 Å². The van der Waals surface area contributed by atoms with Crippen molar-refractivity contribution in [2.24, 2.45) is 0 Å². The number of hydrogen-bond donors (Lipinski definition) is 1. The Hall–Kier alpha value is -1.31. The number of rotatable bonds is 0. The van der Waals surface area contributed by atoms with E-state index >= 15 is 0 Å². The molecular weight excluding hydrogens is 128 g/mol. The van der Waals surface area contributed by atoms with Crippen molar-refractivity contribution >= 4 is 0 Å². The van der Waals surface area contributed by atoms with Gasteiger partial charge in [0.2, 0.25) is 5.43 Å². The van der Waals surface area contributed by atoms with Crippen LogP contribution < -0.4 is 5.43 Å². The summed E-state index contributed by atoms with van der Waals surface area (Å²) in [7, 11) is 0. The molecule has 0 unspecified atom stereocenters. The van der Waals surface area contributed by atoms with Crippen LogP contribution in [-0.2, 0) is 0 Å². The molecule has 0 bridgehead atoms. The van der Waals surface area contributed by atoms with Crippen LogP contribution in [0.2, 0.25) is 0 Å². The lowest BCUT2D eigenvalue weighted by Gasteiger charge is -1.77. The summed E-state index contributed by atoms with van der Waals surface area (Å²) in [6.45, 7) is -2.31. The molecule has 10 heavy (non-hydrogen) atoms. The van der Waals surface area contributed by atoms with Crippen LogP contribution in [0.1, 0.15) is 9.68 Å². The zero-order valence-corrected chi connectivity index (χ0v) is 5.16. The van der Waals surface area contributed by atoms with E-state index in [9.17, 15) is 4.79 Å². The third kappa shape index (κ3) is 1.35. The minimum atomic E-state index is -2.31. The first kappa shape index (κ1) is 3.76. The first-order chi connectivity index (χ1) is 5.91. The van der Waals surface area contributed by atoms with Gasteiger partial charge in [-0.3, -0.25) is 4.79 Å². The summed E-state index contributed by atoms with van der Waals surface area (Å²) in [6.07, 6.45) is 0. The molecule has 0 spiro atoms. The summed E-state index contributed by atoms with van der Waals surface area (Å²) in [4.78, 5) is 11.0. The second kappa shape index (κ2) is 2.52. The lowest BCUT2D eigenvalue weighted by atomic mass is 10.3. The molecule has 2 heteroatoms. The van der Waals surface area contributed by atoms with Crippen LogP contribution in [0.4, 0.5) is 0 Å². The SMILES string of the molecule is [2H]C([2H])([2H])c1cccc(O)c(=O)c1. The van der Waals surface area contributed by atoms with Gasteiger partial charge in [0, 0.05) is 4.11 Å². The van der Waals surface area contributed by atoms with E-state index in [1.807, 2.05) is 0 Å². The van der Waals surface area contributed by atoms with E-state index in [1.165, 1.54) is 12.1 Å². The van der Waals surface area contributed by atoms with Crippen LogP contribution in [0.25, 0.3) is 0 Å². The normalized spacial score (nSPS) is 15.0. The Bertz CT molecular complexity index is 371. The van der Waals surface area contributed by atoms with Crippen molar-refractivity contribution in [3.8, 4) is 5.75 Å².